The summed E-state index contributed by atoms with van der Waals surface area (Å²) < 4.78 is 0. The Hall–Kier alpha value is -1.72. The number of nitrogens with zero attached hydrogens (tertiary/aromatic N) is 2. The molecule has 1 aromatic carbocycles. The van der Waals surface area contributed by atoms with E-state index in [1.54, 1.807) is 0 Å². The number of hydrogen-bond acceptors (Lipinski definition) is 4. The lowest BCUT2D eigenvalue weighted by atomic mass is 10.0. The van der Waals surface area contributed by atoms with Gasteiger partial charge in [-0.1, -0.05) is 26.0 Å². The van der Waals surface area contributed by atoms with E-state index in [0.29, 0.717) is 18.2 Å². The second-order valence-electron chi connectivity index (χ2n) is 5.96. The number of hydrogen-bond donors (Lipinski definition) is 2. The van der Waals surface area contributed by atoms with Gasteiger partial charge in [0.1, 0.15) is 5.69 Å². The van der Waals surface area contributed by atoms with Crippen molar-refractivity contribution in [3.8, 4) is 0 Å². The Morgan fingerprint density at radius 2 is 2.05 bits per heavy atom. The quantitative estimate of drug-likeness (QED) is 0.849. The van der Waals surface area contributed by atoms with Crippen LogP contribution < -0.4 is 11.3 Å². The first-order valence-corrected chi connectivity index (χ1v) is 7.39. The van der Waals surface area contributed by atoms with E-state index in [9.17, 15) is 4.79 Å². The first-order chi connectivity index (χ1) is 9.97. The summed E-state index contributed by atoms with van der Waals surface area (Å²) in [5.41, 5.74) is 8.08. The summed E-state index contributed by atoms with van der Waals surface area (Å²) in [6, 6.07) is 7.76. The predicted octanol–water partition coefficient (Wildman–Crippen LogP) is 1.73. The van der Waals surface area contributed by atoms with Gasteiger partial charge in [-0.3, -0.25) is 4.79 Å². The van der Waals surface area contributed by atoms with E-state index < -0.39 is 0 Å². The van der Waals surface area contributed by atoms with E-state index in [2.05, 4.69) is 28.7 Å². The number of rotatable bonds is 6. The molecule has 2 aromatic rings. The molecule has 0 fully saturated rings. The summed E-state index contributed by atoms with van der Waals surface area (Å²) in [6.45, 7) is 5.64. The van der Waals surface area contributed by atoms with Gasteiger partial charge in [-0.05, 0) is 38.1 Å². The van der Waals surface area contributed by atoms with Crippen LogP contribution >= 0.6 is 0 Å². The zero-order valence-electron chi connectivity index (χ0n) is 13.0. The van der Waals surface area contributed by atoms with E-state index >= 15 is 0 Å². The van der Waals surface area contributed by atoms with Crippen LogP contribution in [0.1, 0.15) is 26.0 Å². The van der Waals surface area contributed by atoms with Crippen molar-refractivity contribution >= 4 is 11.0 Å². The monoisotopic (exact) mass is 288 g/mol. The topological polar surface area (TPSA) is 75.0 Å². The fourth-order valence-corrected chi connectivity index (χ4v) is 2.21. The lowest BCUT2D eigenvalue weighted by Crippen LogP contribution is -2.32. The number of nitrogens with one attached hydrogen (secondary N) is 1. The Morgan fingerprint density at radius 1 is 1.33 bits per heavy atom. The molecule has 21 heavy (non-hydrogen) atoms. The zero-order chi connectivity index (χ0) is 15.4. The molecule has 114 valence electrons. The van der Waals surface area contributed by atoms with Crippen LogP contribution in [-0.4, -0.2) is 34.5 Å². The molecule has 0 saturated carbocycles. The lowest BCUT2D eigenvalue weighted by molar-refractivity contribution is 0.292. The molecule has 0 aliphatic heterocycles. The Bertz CT molecular complexity index is 650. The molecule has 0 aliphatic carbocycles. The van der Waals surface area contributed by atoms with Crippen LogP contribution in [0.15, 0.2) is 29.1 Å². The van der Waals surface area contributed by atoms with Crippen LogP contribution in [0.5, 0.6) is 0 Å². The second kappa shape index (κ2) is 6.83. The Kier molecular flexibility index (Phi) is 5.09. The van der Waals surface area contributed by atoms with Crippen molar-refractivity contribution in [2.45, 2.75) is 32.9 Å². The Balaban J connectivity index is 2.05. The third-order valence-corrected chi connectivity index (χ3v) is 3.79. The highest BCUT2D eigenvalue weighted by Gasteiger charge is 2.11. The SMILES string of the molecule is CC(C)C(N)CCN(C)Cc1nc2ccccc2[nH]c1=O. The molecular weight excluding hydrogens is 264 g/mol. The fourth-order valence-electron chi connectivity index (χ4n) is 2.21. The third-order valence-electron chi connectivity index (χ3n) is 3.79. The average Bonchev–Trinajstić information content (AvgIpc) is 2.45. The largest absolute Gasteiger partial charge is 0.327 e. The van der Waals surface area contributed by atoms with Gasteiger partial charge in [0.25, 0.3) is 5.56 Å². The summed E-state index contributed by atoms with van der Waals surface area (Å²) >= 11 is 0. The first kappa shape index (κ1) is 15.7. The van der Waals surface area contributed by atoms with E-state index in [0.717, 1.165) is 24.0 Å². The highest BCUT2D eigenvalue weighted by Crippen LogP contribution is 2.08. The Morgan fingerprint density at radius 3 is 2.76 bits per heavy atom. The van der Waals surface area contributed by atoms with Crippen LogP contribution in [0.25, 0.3) is 11.0 Å². The van der Waals surface area contributed by atoms with Crippen molar-refractivity contribution in [1.29, 1.82) is 0 Å². The summed E-state index contributed by atoms with van der Waals surface area (Å²) in [4.78, 5) is 21.5. The van der Waals surface area contributed by atoms with Gasteiger partial charge in [0, 0.05) is 12.6 Å². The van der Waals surface area contributed by atoms with Crippen LogP contribution in [0, 0.1) is 5.92 Å². The number of benzene rings is 1. The minimum Gasteiger partial charge on any atom is -0.327 e. The number of aromatic amines is 1. The molecule has 1 aromatic heterocycles. The summed E-state index contributed by atoms with van der Waals surface area (Å²) in [5, 5.41) is 0. The second-order valence-corrected chi connectivity index (χ2v) is 5.96. The maximum absolute atomic E-state index is 12.0. The zero-order valence-corrected chi connectivity index (χ0v) is 13.0. The summed E-state index contributed by atoms with van der Waals surface area (Å²) in [7, 11) is 1.99. The maximum atomic E-state index is 12.0. The van der Waals surface area contributed by atoms with Gasteiger partial charge in [0.15, 0.2) is 0 Å². The van der Waals surface area contributed by atoms with Crippen LogP contribution in [0.3, 0.4) is 0 Å². The molecule has 0 saturated heterocycles. The van der Waals surface area contributed by atoms with Crippen molar-refractivity contribution in [3.05, 3.63) is 40.3 Å². The molecule has 5 nitrogen and oxygen atoms in total. The number of H-pyrrole nitrogens is 1. The molecule has 0 radical (unpaired) electrons. The molecule has 0 bridgehead atoms. The Labute approximate surface area is 125 Å². The molecule has 2 rings (SSSR count). The first-order valence-electron chi connectivity index (χ1n) is 7.39. The van der Waals surface area contributed by atoms with Crippen molar-refractivity contribution < 1.29 is 0 Å². The van der Waals surface area contributed by atoms with Gasteiger partial charge in [-0.2, -0.15) is 0 Å². The van der Waals surface area contributed by atoms with Crippen molar-refractivity contribution in [3.63, 3.8) is 0 Å². The average molecular weight is 288 g/mol. The molecule has 1 heterocycles. The van der Waals surface area contributed by atoms with Crippen molar-refractivity contribution in [2.24, 2.45) is 11.7 Å². The molecule has 0 aliphatic rings. The van der Waals surface area contributed by atoms with E-state index in [1.165, 1.54) is 0 Å². The van der Waals surface area contributed by atoms with Crippen LogP contribution in [0.2, 0.25) is 0 Å². The van der Waals surface area contributed by atoms with Gasteiger partial charge in [0.05, 0.1) is 11.0 Å². The van der Waals surface area contributed by atoms with Gasteiger partial charge >= 0.3 is 0 Å². The van der Waals surface area contributed by atoms with Gasteiger partial charge in [0.2, 0.25) is 0 Å². The van der Waals surface area contributed by atoms with E-state index in [1.807, 2.05) is 31.3 Å². The predicted molar refractivity (Wildman–Crippen MR) is 86.1 cm³/mol. The molecule has 1 unspecified atom stereocenters. The van der Waals surface area contributed by atoms with Crippen molar-refractivity contribution in [1.82, 2.24) is 14.9 Å². The standard InChI is InChI=1S/C16H24N4O/c1-11(2)12(17)8-9-20(3)10-15-16(21)19-14-7-5-4-6-13(14)18-15/h4-7,11-12H,8-10,17H2,1-3H3,(H,19,21). The van der Waals surface area contributed by atoms with Gasteiger partial charge in [-0.15, -0.1) is 0 Å². The minimum atomic E-state index is -0.117. The number of para-hydroxylation sites is 2. The molecule has 5 heteroatoms. The van der Waals surface area contributed by atoms with Gasteiger partial charge < -0.3 is 15.6 Å². The van der Waals surface area contributed by atoms with Gasteiger partial charge in [-0.25, -0.2) is 4.98 Å². The molecule has 0 spiro atoms. The minimum absolute atomic E-state index is 0.117. The molecular formula is C16H24N4O. The number of nitrogens with two attached hydrogens (primary N) is 1. The molecule has 0 amide bonds. The van der Waals surface area contributed by atoms with E-state index in [-0.39, 0.29) is 11.6 Å². The summed E-state index contributed by atoms with van der Waals surface area (Å²) in [6.07, 6.45) is 0.916. The van der Waals surface area contributed by atoms with E-state index in [4.69, 9.17) is 5.73 Å². The maximum Gasteiger partial charge on any atom is 0.271 e. The summed E-state index contributed by atoms with van der Waals surface area (Å²) in [5.74, 6) is 0.473. The highest BCUT2D eigenvalue weighted by atomic mass is 16.1. The van der Waals surface area contributed by atoms with Crippen LogP contribution in [-0.2, 0) is 6.54 Å². The number of aromatic nitrogens is 2. The lowest BCUT2D eigenvalue weighted by Gasteiger charge is -2.20. The highest BCUT2D eigenvalue weighted by molar-refractivity contribution is 5.73. The molecule has 3 N–H and O–H groups in total. The third kappa shape index (κ3) is 4.12. The molecule has 1 atom stereocenters. The van der Waals surface area contributed by atoms with Crippen LogP contribution in [0.4, 0.5) is 0 Å². The van der Waals surface area contributed by atoms with Crippen molar-refractivity contribution in [2.75, 3.05) is 13.6 Å². The smallest absolute Gasteiger partial charge is 0.271 e. The normalized spacial score (nSPS) is 13.2. The fraction of sp³-hybridized carbons (Fsp3) is 0.500. The number of fused-ring (bicyclic) bond motifs is 1.